The summed E-state index contributed by atoms with van der Waals surface area (Å²) in [5, 5.41) is 0. The Hall–Kier alpha value is -0.410. The number of carbonyl (C=O) groups excluding carboxylic acids is 1. The maximum absolute atomic E-state index is 11.3. The fourth-order valence-electron chi connectivity index (χ4n) is 1.34. The summed E-state index contributed by atoms with van der Waals surface area (Å²) in [5.41, 5.74) is 0. The highest BCUT2D eigenvalue weighted by atomic mass is 16.5. The summed E-state index contributed by atoms with van der Waals surface area (Å²) in [6, 6.07) is 0.620. The second-order valence-electron chi connectivity index (χ2n) is 5.31. The summed E-state index contributed by atoms with van der Waals surface area (Å²) in [5.74, 6) is 0.291. The molecule has 102 valence electrons. The van der Waals surface area contributed by atoms with Gasteiger partial charge in [0.2, 0.25) is 0 Å². The van der Waals surface area contributed by atoms with Crippen LogP contribution in [0.5, 0.6) is 0 Å². The monoisotopic (exact) mass is 243 g/mol. The molecule has 0 aliphatic heterocycles. The molecule has 0 rings (SSSR count). The largest absolute Gasteiger partial charge is 0.374 e. The Morgan fingerprint density at radius 3 is 2.29 bits per heavy atom. The van der Waals surface area contributed by atoms with Crippen molar-refractivity contribution in [2.45, 2.75) is 53.0 Å². The van der Waals surface area contributed by atoms with Gasteiger partial charge in [0.05, 0.1) is 0 Å². The molecule has 0 aromatic heterocycles. The van der Waals surface area contributed by atoms with Gasteiger partial charge in [0.15, 0.2) is 5.78 Å². The normalized spacial score (nSPS) is 11.8. The molecule has 0 radical (unpaired) electrons. The van der Waals surface area contributed by atoms with Gasteiger partial charge >= 0.3 is 0 Å². The van der Waals surface area contributed by atoms with Gasteiger partial charge in [-0.25, -0.2) is 0 Å². The number of unbranched alkanes of at least 4 members (excludes halogenated alkanes) is 2. The molecular weight excluding hydrogens is 214 g/mol. The Labute approximate surface area is 107 Å². The van der Waals surface area contributed by atoms with Crippen LogP contribution in [-0.2, 0) is 9.53 Å². The van der Waals surface area contributed by atoms with E-state index in [1.165, 1.54) is 12.8 Å². The van der Waals surface area contributed by atoms with Gasteiger partial charge in [0.25, 0.3) is 0 Å². The lowest BCUT2D eigenvalue weighted by Gasteiger charge is -2.20. The number of ketones is 1. The quantitative estimate of drug-likeness (QED) is 0.553. The summed E-state index contributed by atoms with van der Waals surface area (Å²) < 4.78 is 5.35. The fraction of sp³-hybridized carbons (Fsp3) is 0.929. The lowest BCUT2D eigenvalue weighted by Crippen LogP contribution is -2.27. The van der Waals surface area contributed by atoms with Gasteiger partial charge in [-0.1, -0.05) is 13.8 Å². The number of hydrogen-bond acceptors (Lipinski definition) is 3. The lowest BCUT2D eigenvalue weighted by molar-refractivity contribution is -0.126. The summed E-state index contributed by atoms with van der Waals surface area (Å²) in [7, 11) is 2.16. The predicted octanol–water partition coefficient (Wildman–Crippen LogP) is 2.74. The van der Waals surface area contributed by atoms with Gasteiger partial charge in [-0.15, -0.1) is 0 Å². The van der Waals surface area contributed by atoms with Crippen molar-refractivity contribution < 1.29 is 9.53 Å². The SMILES string of the molecule is CC(C)C(=O)COCCCCCN(C)C(C)C. The Balaban J connectivity index is 3.27. The van der Waals surface area contributed by atoms with Crippen LogP contribution in [0.2, 0.25) is 0 Å². The minimum atomic E-state index is 0.0923. The first-order valence-corrected chi connectivity index (χ1v) is 6.75. The molecule has 3 heteroatoms. The molecule has 0 saturated heterocycles. The van der Waals surface area contributed by atoms with Crippen molar-refractivity contribution >= 4 is 5.78 Å². The average molecular weight is 243 g/mol. The van der Waals surface area contributed by atoms with E-state index < -0.39 is 0 Å². The van der Waals surface area contributed by atoms with E-state index in [0.29, 0.717) is 12.6 Å². The molecule has 3 nitrogen and oxygen atoms in total. The molecule has 0 aromatic rings. The van der Waals surface area contributed by atoms with Crippen molar-refractivity contribution in [3.63, 3.8) is 0 Å². The van der Waals surface area contributed by atoms with E-state index >= 15 is 0 Å². The fourth-order valence-corrected chi connectivity index (χ4v) is 1.34. The van der Waals surface area contributed by atoms with E-state index in [-0.39, 0.29) is 18.3 Å². The van der Waals surface area contributed by atoms with Gasteiger partial charge in [-0.05, 0) is 46.7 Å². The Morgan fingerprint density at radius 1 is 1.12 bits per heavy atom. The molecule has 0 aromatic carbocycles. The highest BCUT2D eigenvalue weighted by Gasteiger charge is 2.06. The van der Waals surface area contributed by atoms with Crippen LogP contribution in [0.15, 0.2) is 0 Å². The smallest absolute Gasteiger partial charge is 0.160 e. The highest BCUT2D eigenvalue weighted by Crippen LogP contribution is 2.01. The molecular formula is C14H29NO2. The van der Waals surface area contributed by atoms with Crippen LogP contribution in [-0.4, -0.2) is 43.5 Å². The van der Waals surface area contributed by atoms with E-state index in [0.717, 1.165) is 13.0 Å². The zero-order chi connectivity index (χ0) is 13.3. The maximum atomic E-state index is 11.3. The van der Waals surface area contributed by atoms with Gasteiger partial charge in [0.1, 0.15) is 6.61 Å². The standard InChI is InChI=1S/C14H29NO2/c1-12(2)14(16)11-17-10-8-6-7-9-15(5)13(3)4/h12-13H,6-11H2,1-5H3. The maximum Gasteiger partial charge on any atom is 0.160 e. The first-order chi connectivity index (χ1) is 7.95. The van der Waals surface area contributed by atoms with Gasteiger partial charge in [-0.3, -0.25) is 4.79 Å². The van der Waals surface area contributed by atoms with E-state index in [9.17, 15) is 4.79 Å². The molecule has 0 heterocycles. The number of ether oxygens (including phenoxy) is 1. The van der Waals surface area contributed by atoms with Crippen molar-refractivity contribution in [3.8, 4) is 0 Å². The van der Waals surface area contributed by atoms with Crippen molar-refractivity contribution in [3.05, 3.63) is 0 Å². The van der Waals surface area contributed by atoms with Crippen molar-refractivity contribution in [1.82, 2.24) is 4.90 Å². The van der Waals surface area contributed by atoms with E-state index in [2.05, 4.69) is 25.8 Å². The predicted molar refractivity (Wildman–Crippen MR) is 72.3 cm³/mol. The van der Waals surface area contributed by atoms with Crippen molar-refractivity contribution in [1.29, 1.82) is 0 Å². The third-order valence-electron chi connectivity index (χ3n) is 3.07. The van der Waals surface area contributed by atoms with E-state index in [1.54, 1.807) is 0 Å². The Bertz CT molecular complexity index is 202. The molecule has 0 amide bonds. The van der Waals surface area contributed by atoms with E-state index in [4.69, 9.17) is 4.74 Å². The van der Waals surface area contributed by atoms with Crippen LogP contribution in [0.4, 0.5) is 0 Å². The minimum absolute atomic E-state index is 0.0923. The summed E-state index contributed by atoms with van der Waals surface area (Å²) >= 11 is 0. The van der Waals surface area contributed by atoms with E-state index in [1.807, 2.05) is 13.8 Å². The zero-order valence-corrected chi connectivity index (χ0v) is 12.2. The molecule has 17 heavy (non-hydrogen) atoms. The topological polar surface area (TPSA) is 29.5 Å². The highest BCUT2D eigenvalue weighted by molar-refractivity contribution is 5.81. The molecule has 0 saturated carbocycles. The summed E-state index contributed by atoms with van der Waals surface area (Å²) in [6.45, 7) is 10.4. The number of nitrogens with zero attached hydrogens (tertiary/aromatic N) is 1. The van der Waals surface area contributed by atoms with Gasteiger partial charge in [-0.2, -0.15) is 0 Å². The number of Topliss-reactive ketones (excluding diaryl/α,β-unsaturated/α-hetero) is 1. The summed E-state index contributed by atoms with van der Waals surface area (Å²) in [4.78, 5) is 13.6. The van der Waals surface area contributed by atoms with Crippen LogP contribution in [0.3, 0.4) is 0 Å². The Kier molecular flexibility index (Phi) is 9.37. The van der Waals surface area contributed by atoms with Crippen LogP contribution >= 0.6 is 0 Å². The Morgan fingerprint density at radius 2 is 1.76 bits per heavy atom. The molecule has 0 spiro atoms. The lowest BCUT2D eigenvalue weighted by atomic mass is 10.1. The second kappa shape index (κ2) is 9.60. The molecule has 0 N–H and O–H groups in total. The summed E-state index contributed by atoms with van der Waals surface area (Å²) in [6.07, 6.45) is 3.43. The van der Waals surface area contributed by atoms with Crippen molar-refractivity contribution in [2.75, 3.05) is 26.8 Å². The molecule has 0 aliphatic carbocycles. The van der Waals surface area contributed by atoms with Crippen LogP contribution < -0.4 is 0 Å². The average Bonchev–Trinajstić information content (AvgIpc) is 2.26. The van der Waals surface area contributed by atoms with Crippen LogP contribution in [0.25, 0.3) is 0 Å². The minimum Gasteiger partial charge on any atom is -0.374 e. The number of hydrogen-bond donors (Lipinski definition) is 0. The first kappa shape index (κ1) is 16.6. The first-order valence-electron chi connectivity index (χ1n) is 6.75. The van der Waals surface area contributed by atoms with Crippen LogP contribution in [0, 0.1) is 5.92 Å². The third kappa shape index (κ3) is 9.31. The number of rotatable bonds is 10. The number of carbonyl (C=O) groups is 1. The molecule has 0 bridgehead atoms. The van der Waals surface area contributed by atoms with Gasteiger partial charge < -0.3 is 9.64 Å². The van der Waals surface area contributed by atoms with Crippen LogP contribution in [0.1, 0.15) is 47.0 Å². The molecule has 0 atom stereocenters. The molecule has 0 unspecified atom stereocenters. The third-order valence-corrected chi connectivity index (χ3v) is 3.07. The second-order valence-corrected chi connectivity index (χ2v) is 5.31. The van der Waals surface area contributed by atoms with Gasteiger partial charge in [0, 0.05) is 18.6 Å². The van der Waals surface area contributed by atoms with Crippen molar-refractivity contribution in [2.24, 2.45) is 5.92 Å². The molecule has 0 aliphatic rings. The molecule has 0 fully saturated rings. The zero-order valence-electron chi connectivity index (χ0n) is 12.2.